The number of hydrogen-bond acceptors (Lipinski definition) is 1. The molecule has 0 radical (unpaired) electrons. The number of anilines is 1. The van der Waals surface area contributed by atoms with Crippen LogP contribution in [0.3, 0.4) is 0 Å². The van der Waals surface area contributed by atoms with Gasteiger partial charge >= 0.3 is 0 Å². The van der Waals surface area contributed by atoms with E-state index in [1.165, 1.54) is 11.3 Å². The Labute approximate surface area is 78.0 Å². The van der Waals surface area contributed by atoms with E-state index in [9.17, 15) is 0 Å². The summed E-state index contributed by atoms with van der Waals surface area (Å²) >= 11 is 5.27. The molecule has 1 aliphatic rings. The highest BCUT2D eigenvalue weighted by Gasteiger charge is 2.21. The van der Waals surface area contributed by atoms with Crippen molar-refractivity contribution in [3.05, 3.63) is 29.8 Å². The van der Waals surface area contributed by atoms with Crippen molar-refractivity contribution in [3.8, 4) is 0 Å². The van der Waals surface area contributed by atoms with E-state index < -0.39 is 0 Å². The van der Waals surface area contributed by atoms with Gasteiger partial charge in [0, 0.05) is 18.7 Å². The van der Waals surface area contributed by atoms with E-state index in [-0.39, 0.29) is 0 Å². The molecular formula is C10H11NS. The number of para-hydroxylation sites is 1. The Morgan fingerprint density at radius 1 is 1.42 bits per heavy atom. The van der Waals surface area contributed by atoms with Gasteiger partial charge in [-0.3, -0.25) is 0 Å². The maximum absolute atomic E-state index is 5.27. The van der Waals surface area contributed by atoms with Gasteiger partial charge in [0.1, 0.15) is 0 Å². The number of benzene rings is 1. The lowest BCUT2D eigenvalue weighted by molar-refractivity contribution is 1.08. The monoisotopic (exact) mass is 177 g/mol. The quantitative estimate of drug-likeness (QED) is 0.606. The average molecular weight is 177 g/mol. The van der Waals surface area contributed by atoms with Crippen molar-refractivity contribution in [2.75, 3.05) is 11.4 Å². The molecule has 0 saturated heterocycles. The van der Waals surface area contributed by atoms with Crippen LogP contribution in [-0.4, -0.2) is 11.5 Å². The van der Waals surface area contributed by atoms with Gasteiger partial charge in [-0.2, -0.15) is 0 Å². The third kappa shape index (κ3) is 1.03. The minimum absolute atomic E-state index is 0.944. The van der Waals surface area contributed by atoms with Crippen LogP contribution in [0.4, 0.5) is 5.69 Å². The van der Waals surface area contributed by atoms with Crippen molar-refractivity contribution in [2.24, 2.45) is 0 Å². The molecule has 2 rings (SSSR count). The molecule has 0 bridgehead atoms. The van der Waals surface area contributed by atoms with Gasteiger partial charge in [-0.05, 0) is 18.6 Å². The van der Waals surface area contributed by atoms with Crippen LogP contribution in [0.15, 0.2) is 24.3 Å². The summed E-state index contributed by atoms with van der Waals surface area (Å²) in [6, 6.07) is 8.42. The third-order valence-electron chi connectivity index (χ3n) is 2.24. The van der Waals surface area contributed by atoms with E-state index >= 15 is 0 Å². The van der Waals surface area contributed by atoms with Gasteiger partial charge in [-0.25, -0.2) is 0 Å². The predicted octanol–water partition coefficient (Wildman–Crippen LogP) is 2.40. The zero-order valence-corrected chi connectivity index (χ0v) is 7.90. The van der Waals surface area contributed by atoms with E-state index in [1.807, 2.05) is 0 Å². The number of nitrogens with zero attached hydrogens (tertiary/aromatic N) is 1. The van der Waals surface area contributed by atoms with Crippen LogP contribution in [0.5, 0.6) is 0 Å². The topological polar surface area (TPSA) is 3.24 Å². The van der Waals surface area contributed by atoms with Crippen molar-refractivity contribution in [1.29, 1.82) is 0 Å². The molecule has 1 aromatic rings. The molecule has 0 N–H and O–H groups in total. The van der Waals surface area contributed by atoms with Crippen molar-refractivity contribution in [2.45, 2.75) is 13.3 Å². The summed E-state index contributed by atoms with van der Waals surface area (Å²) in [6.07, 6.45) is 0.944. The van der Waals surface area contributed by atoms with E-state index in [1.54, 1.807) is 0 Å². The molecule has 0 aromatic heterocycles. The second-order valence-electron chi connectivity index (χ2n) is 2.94. The van der Waals surface area contributed by atoms with Gasteiger partial charge in [0.2, 0.25) is 0 Å². The smallest absolute Gasteiger partial charge is 0.0868 e. The van der Waals surface area contributed by atoms with Crippen LogP contribution in [0.25, 0.3) is 0 Å². The van der Waals surface area contributed by atoms with Crippen LogP contribution >= 0.6 is 12.2 Å². The fourth-order valence-electron chi connectivity index (χ4n) is 1.66. The molecule has 0 atom stereocenters. The molecule has 1 heterocycles. The number of thiocarbonyl (C=S) groups is 1. The molecule has 0 saturated carbocycles. The largest absolute Gasteiger partial charge is 0.336 e. The Balaban J connectivity index is 2.47. The Kier molecular flexibility index (Phi) is 1.85. The summed E-state index contributed by atoms with van der Waals surface area (Å²) in [5.74, 6) is 0. The molecular weight excluding hydrogens is 166 g/mol. The van der Waals surface area contributed by atoms with Crippen molar-refractivity contribution < 1.29 is 0 Å². The zero-order valence-electron chi connectivity index (χ0n) is 7.08. The maximum Gasteiger partial charge on any atom is 0.0868 e. The lowest BCUT2D eigenvalue weighted by atomic mass is 10.2. The number of hydrogen-bond donors (Lipinski definition) is 0. The Bertz CT molecular complexity index is 319. The highest BCUT2D eigenvalue weighted by atomic mass is 32.1. The number of rotatable bonds is 1. The molecule has 62 valence electrons. The minimum atomic E-state index is 0.944. The Hall–Kier alpha value is -0.890. The normalized spacial score (nSPS) is 15.1. The average Bonchev–Trinajstić information content (AvgIpc) is 2.40. The van der Waals surface area contributed by atoms with Crippen molar-refractivity contribution >= 4 is 22.9 Å². The molecule has 0 unspecified atom stereocenters. The molecule has 0 aliphatic carbocycles. The first-order valence-electron chi connectivity index (χ1n) is 4.21. The summed E-state index contributed by atoms with van der Waals surface area (Å²) in [7, 11) is 0. The van der Waals surface area contributed by atoms with E-state index in [0.29, 0.717) is 0 Å². The van der Waals surface area contributed by atoms with Crippen LogP contribution in [0.1, 0.15) is 12.5 Å². The lowest BCUT2D eigenvalue weighted by Gasteiger charge is -2.16. The van der Waals surface area contributed by atoms with Gasteiger partial charge in [0.15, 0.2) is 0 Å². The first-order chi connectivity index (χ1) is 5.83. The highest BCUT2D eigenvalue weighted by Crippen LogP contribution is 2.28. The van der Waals surface area contributed by atoms with Gasteiger partial charge in [-0.15, -0.1) is 0 Å². The summed E-state index contributed by atoms with van der Waals surface area (Å²) < 4.78 is 0. The van der Waals surface area contributed by atoms with Crippen LogP contribution in [0.2, 0.25) is 0 Å². The molecule has 0 spiro atoms. The van der Waals surface area contributed by atoms with Gasteiger partial charge < -0.3 is 4.90 Å². The fourth-order valence-corrected chi connectivity index (χ4v) is 2.05. The predicted molar refractivity (Wildman–Crippen MR) is 55.8 cm³/mol. The second-order valence-corrected chi connectivity index (χ2v) is 3.41. The Morgan fingerprint density at radius 3 is 2.92 bits per heavy atom. The summed E-state index contributed by atoms with van der Waals surface area (Å²) in [5, 5.41) is 0. The Morgan fingerprint density at radius 2 is 2.17 bits per heavy atom. The first-order valence-corrected chi connectivity index (χ1v) is 4.62. The standard InChI is InChI=1S/C10H11NS/c1-2-11-9-6-4-3-5-8(9)7-10(11)12/h3-6H,2,7H2,1H3. The number of fused-ring (bicyclic) bond motifs is 1. The van der Waals surface area contributed by atoms with Gasteiger partial charge in [0.05, 0.1) is 4.99 Å². The zero-order chi connectivity index (χ0) is 8.55. The lowest BCUT2D eigenvalue weighted by Crippen LogP contribution is -2.24. The second kappa shape index (κ2) is 2.87. The van der Waals surface area contributed by atoms with Crippen LogP contribution < -0.4 is 4.90 Å². The van der Waals surface area contributed by atoms with Crippen molar-refractivity contribution in [3.63, 3.8) is 0 Å². The molecule has 0 amide bonds. The summed E-state index contributed by atoms with van der Waals surface area (Å²) in [5.41, 5.74) is 2.66. The van der Waals surface area contributed by atoms with E-state index in [0.717, 1.165) is 18.0 Å². The molecule has 0 fully saturated rings. The maximum atomic E-state index is 5.27. The first kappa shape index (κ1) is 7.74. The van der Waals surface area contributed by atoms with Crippen LogP contribution in [0, 0.1) is 0 Å². The third-order valence-corrected chi connectivity index (χ3v) is 2.61. The summed E-state index contributed by atoms with van der Waals surface area (Å²) in [4.78, 5) is 3.25. The summed E-state index contributed by atoms with van der Waals surface area (Å²) in [6.45, 7) is 3.12. The molecule has 1 nitrogen and oxygen atoms in total. The van der Waals surface area contributed by atoms with Gasteiger partial charge in [-0.1, -0.05) is 30.4 Å². The SMILES string of the molecule is CCN1C(=S)Cc2ccccc21. The van der Waals surface area contributed by atoms with E-state index in [2.05, 4.69) is 36.1 Å². The highest BCUT2D eigenvalue weighted by molar-refractivity contribution is 7.80. The molecule has 12 heavy (non-hydrogen) atoms. The molecule has 1 aromatic carbocycles. The van der Waals surface area contributed by atoms with Crippen molar-refractivity contribution in [1.82, 2.24) is 0 Å². The van der Waals surface area contributed by atoms with Crippen LogP contribution in [-0.2, 0) is 6.42 Å². The molecule has 2 heteroatoms. The van der Waals surface area contributed by atoms with Gasteiger partial charge in [0.25, 0.3) is 0 Å². The number of likely N-dealkylation sites (N-methyl/N-ethyl adjacent to an activating group) is 1. The minimum Gasteiger partial charge on any atom is -0.336 e. The van der Waals surface area contributed by atoms with E-state index in [4.69, 9.17) is 12.2 Å². The molecule has 1 aliphatic heterocycles. The fraction of sp³-hybridized carbons (Fsp3) is 0.300.